The summed E-state index contributed by atoms with van der Waals surface area (Å²) in [6.07, 6.45) is 4.62. The number of anilines is 1. The topological polar surface area (TPSA) is 83.6 Å². The summed E-state index contributed by atoms with van der Waals surface area (Å²) in [5.74, 6) is 0.466. The molecule has 0 saturated heterocycles. The van der Waals surface area contributed by atoms with Gasteiger partial charge in [-0.1, -0.05) is 63.2 Å². The van der Waals surface area contributed by atoms with E-state index in [4.69, 9.17) is 0 Å². The lowest BCUT2D eigenvalue weighted by Gasteiger charge is -2.18. The normalized spacial score (nSPS) is 11.6. The van der Waals surface area contributed by atoms with Crippen LogP contribution in [0.2, 0.25) is 0 Å². The number of aryl methyl sites for hydroxylation is 1. The highest BCUT2D eigenvalue weighted by Crippen LogP contribution is 2.24. The van der Waals surface area contributed by atoms with Gasteiger partial charge in [-0.25, -0.2) is 4.98 Å². The highest BCUT2D eigenvalue weighted by molar-refractivity contribution is 6.02. The lowest BCUT2D eigenvalue weighted by molar-refractivity contribution is -0.111. The van der Waals surface area contributed by atoms with Crippen LogP contribution >= 0.6 is 0 Å². The van der Waals surface area contributed by atoms with Crippen molar-refractivity contribution in [2.45, 2.75) is 33.1 Å². The molecular weight excluding hydrogens is 410 g/mol. The molecule has 2 aromatic heterocycles. The van der Waals surface area contributed by atoms with Gasteiger partial charge in [0.2, 0.25) is 5.91 Å². The number of nitrogens with one attached hydrogen (secondary N) is 1. The quantitative estimate of drug-likeness (QED) is 0.426. The number of fused-ring (bicyclic) bond motifs is 1. The summed E-state index contributed by atoms with van der Waals surface area (Å²) in [5, 5.41) is 17.7. The van der Waals surface area contributed by atoms with Crippen molar-refractivity contribution >= 4 is 28.7 Å². The number of benzene rings is 2. The summed E-state index contributed by atoms with van der Waals surface area (Å²) in [7, 11) is 0. The number of aromatic nitrogens is 3. The second kappa shape index (κ2) is 8.71. The summed E-state index contributed by atoms with van der Waals surface area (Å²) in [6.45, 7) is 8.47. The van der Waals surface area contributed by atoms with Crippen LogP contribution in [0.25, 0.3) is 22.8 Å². The third-order valence-corrected chi connectivity index (χ3v) is 5.46. The number of nitrogens with zero attached hydrogens (tertiary/aromatic N) is 4. The minimum Gasteiger partial charge on any atom is -0.306 e. The first-order valence-corrected chi connectivity index (χ1v) is 10.7. The number of para-hydroxylation sites is 1. The Bertz CT molecular complexity index is 1400. The Labute approximate surface area is 193 Å². The molecule has 0 aliphatic rings. The van der Waals surface area contributed by atoms with Gasteiger partial charge in [0.25, 0.3) is 0 Å². The predicted octanol–water partition coefficient (Wildman–Crippen LogP) is 5.55. The molecule has 0 atom stereocenters. The third-order valence-electron chi connectivity index (χ3n) is 5.46. The van der Waals surface area contributed by atoms with E-state index >= 15 is 0 Å². The number of amides is 1. The van der Waals surface area contributed by atoms with E-state index in [2.05, 4.69) is 54.4 Å². The smallest absolute Gasteiger partial charge is 0.249 e. The maximum Gasteiger partial charge on any atom is 0.249 e. The van der Waals surface area contributed by atoms with Crippen LogP contribution in [0.15, 0.2) is 66.9 Å². The fourth-order valence-electron chi connectivity index (χ4n) is 3.59. The van der Waals surface area contributed by atoms with Gasteiger partial charge in [0.15, 0.2) is 11.6 Å². The van der Waals surface area contributed by atoms with Gasteiger partial charge in [-0.15, -0.1) is 0 Å². The number of hydrogen-bond donors (Lipinski definition) is 1. The van der Waals surface area contributed by atoms with Crippen molar-refractivity contribution in [3.8, 4) is 11.9 Å². The molecule has 6 nitrogen and oxygen atoms in total. The van der Waals surface area contributed by atoms with E-state index in [9.17, 15) is 10.1 Å². The van der Waals surface area contributed by atoms with Crippen molar-refractivity contribution in [1.29, 1.82) is 5.26 Å². The minimum absolute atomic E-state index is 0.0703. The summed E-state index contributed by atoms with van der Waals surface area (Å²) in [6, 6.07) is 19.9. The molecule has 0 bridgehead atoms. The molecular formula is C27H25N5O. The first-order chi connectivity index (χ1) is 15.8. The lowest BCUT2D eigenvalue weighted by atomic mass is 9.87. The van der Waals surface area contributed by atoms with Crippen molar-refractivity contribution in [2.75, 3.05) is 5.32 Å². The standard InChI is InChI=1S/C27H25N5O/c1-18-15-24(30-23-8-6-5-7-22(18)23)32-26(20(16-28)17-29-32)31-25(33)14-11-19-9-12-21(13-10-19)27(2,3)4/h5-15,17H,1-4H3,(H,31,33)/b14-11+. The average Bonchev–Trinajstić information content (AvgIpc) is 3.20. The number of pyridine rings is 1. The Morgan fingerprint density at radius 3 is 2.55 bits per heavy atom. The van der Waals surface area contributed by atoms with E-state index in [1.807, 2.05) is 49.4 Å². The Morgan fingerprint density at radius 1 is 1.12 bits per heavy atom. The molecule has 1 N–H and O–H groups in total. The van der Waals surface area contributed by atoms with Crippen molar-refractivity contribution in [2.24, 2.45) is 0 Å². The van der Waals surface area contributed by atoms with Crippen LogP contribution in [0.3, 0.4) is 0 Å². The van der Waals surface area contributed by atoms with Crippen LogP contribution in [0, 0.1) is 18.3 Å². The monoisotopic (exact) mass is 435 g/mol. The van der Waals surface area contributed by atoms with Crippen LogP contribution in [-0.4, -0.2) is 20.7 Å². The number of rotatable bonds is 4. The fourth-order valence-corrected chi connectivity index (χ4v) is 3.59. The molecule has 0 saturated carbocycles. The van der Waals surface area contributed by atoms with Gasteiger partial charge in [0.1, 0.15) is 11.6 Å². The zero-order valence-electron chi connectivity index (χ0n) is 19.1. The van der Waals surface area contributed by atoms with E-state index in [1.165, 1.54) is 22.5 Å². The average molecular weight is 436 g/mol. The van der Waals surface area contributed by atoms with Crippen molar-refractivity contribution in [1.82, 2.24) is 14.8 Å². The van der Waals surface area contributed by atoms with Gasteiger partial charge in [-0.3, -0.25) is 4.79 Å². The third kappa shape index (κ3) is 4.68. The summed E-state index contributed by atoms with van der Waals surface area (Å²) < 4.78 is 1.49. The van der Waals surface area contributed by atoms with E-state index in [0.717, 1.165) is 22.0 Å². The molecule has 0 aliphatic heterocycles. The minimum atomic E-state index is -0.356. The van der Waals surface area contributed by atoms with E-state index in [1.54, 1.807) is 6.08 Å². The molecule has 2 heterocycles. The molecule has 6 heteroatoms. The molecule has 0 aliphatic carbocycles. The van der Waals surface area contributed by atoms with Crippen LogP contribution in [-0.2, 0) is 10.2 Å². The molecule has 1 amide bonds. The lowest BCUT2D eigenvalue weighted by Crippen LogP contribution is -2.14. The van der Waals surface area contributed by atoms with E-state index in [0.29, 0.717) is 5.82 Å². The Kier molecular flexibility index (Phi) is 5.80. The zero-order chi connectivity index (χ0) is 23.6. The molecule has 0 radical (unpaired) electrons. The summed E-state index contributed by atoms with van der Waals surface area (Å²) in [5.41, 5.74) is 4.32. The van der Waals surface area contributed by atoms with E-state index in [-0.39, 0.29) is 22.7 Å². The number of carbonyl (C=O) groups is 1. The van der Waals surface area contributed by atoms with Gasteiger partial charge in [-0.2, -0.15) is 15.0 Å². The maximum atomic E-state index is 12.7. The van der Waals surface area contributed by atoms with Gasteiger partial charge >= 0.3 is 0 Å². The predicted molar refractivity (Wildman–Crippen MR) is 131 cm³/mol. The molecule has 4 aromatic rings. The molecule has 2 aromatic carbocycles. The Hall–Kier alpha value is -4.24. The van der Waals surface area contributed by atoms with Crippen molar-refractivity contribution in [3.05, 3.63) is 89.1 Å². The van der Waals surface area contributed by atoms with Crippen molar-refractivity contribution < 1.29 is 4.79 Å². The summed E-state index contributed by atoms with van der Waals surface area (Å²) >= 11 is 0. The largest absolute Gasteiger partial charge is 0.306 e. The second-order valence-electron chi connectivity index (χ2n) is 8.94. The van der Waals surface area contributed by atoms with Gasteiger partial charge < -0.3 is 5.32 Å². The van der Waals surface area contributed by atoms with Crippen LogP contribution in [0.4, 0.5) is 5.82 Å². The Balaban J connectivity index is 1.60. The van der Waals surface area contributed by atoms with Crippen LogP contribution < -0.4 is 5.32 Å². The molecule has 0 spiro atoms. The van der Waals surface area contributed by atoms with Crippen LogP contribution in [0.1, 0.15) is 43.0 Å². The molecule has 0 fully saturated rings. The zero-order valence-corrected chi connectivity index (χ0v) is 19.1. The van der Waals surface area contributed by atoms with Crippen LogP contribution in [0.5, 0.6) is 0 Å². The molecule has 0 unspecified atom stereocenters. The highest BCUT2D eigenvalue weighted by atomic mass is 16.1. The maximum absolute atomic E-state index is 12.7. The number of carbonyl (C=O) groups excluding carboxylic acids is 1. The fraction of sp³-hybridized carbons (Fsp3) is 0.185. The number of hydrogen-bond acceptors (Lipinski definition) is 4. The summed E-state index contributed by atoms with van der Waals surface area (Å²) in [4.78, 5) is 17.3. The van der Waals surface area contributed by atoms with Crippen molar-refractivity contribution in [3.63, 3.8) is 0 Å². The molecule has 33 heavy (non-hydrogen) atoms. The van der Waals surface area contributed by atoms with Gasteiger partial charge in [0, 0.05) is 11.5 Å². The van der Waals surface area contributed by atoms with Gasteiger partial charge in [-0.05, 0) is 47.2 Å². The first kappa shape index (κ1) is 22.0. The van der Waals surface area contributed by atoms with E-state index < -0.39 is 0 Å². The highest BCUT2D eigenvalue weighted by Gasteiger charge is 2.16. The number of nitriles is 1. The molecule has 4 rings (SSSR count). The Morgan fingerprint density at radius 2 is 1.85 bits per heavy atom. The SMILES string of the molecule is Cc1cc(-n2ncc(C#N)c2NC(=O)/C=C/c2ccc(C(C)(C)C)cc2)nc2ccccc12. The second-order valence-corrected chi connectivity index (χ2v) is 8.94. The first-order valence-electron chi connectivity index (χ1n) is 10.7. The van der Waals surface area contributed by atoms with Gasteiger partial charge in [0.05, 0.1) is 11.7 Å². The molecule has 164 valence electrons.